The number of carbonyl (C=O) groups is 1. The first kappa shape index (κ1) is 12.6. The number of rotatable bonds is 6. The van der Waals surface area contributed by atoms with Crippen molar-refractivity contribution in [2.24, 2.45) is 0 Å². The van der Waals surface area contributed by atoms with Gasteiger partial charge in [0.15, 0.2) is 0 Å². The maximum absolute atomic E-state index is 10.8. The zero-order valence-electron chi connectivity index (χ0n) is 10.2. The Labute approximate surface area is 96.8 Å². The predicted octanol–water partition coefficient (Wildman–Crippen LogP) is 2.65. The number of ketones is 1. The molecule has 88 valence electrons. The first-order valence-corrected chi connectivity index (χ1v) is 5.57. The van der Waals surface area contributed by atoms with E-state index in [0.29, 0.717) is 13.0 Å². The molecule has 0 saturated carbocycles. The molecule has 3 nitrogen and oxygen atoms in total. The van der Waals surface area contributed by atoms with Crippen LogP contribution in [0.15, 0.2) is 18.2 Å². The molecule has 0 atom stereocenters. The molecule has 1 aromatic rings. The highest BCUT2D eigenvalue weighted by molar-refractivity contribution is 5.76. The number of ether oxygens (including phenoxy) is 1. The molecule has 1 rings (SSSR count). The summed E-state index contributed by atoms with van der Waals surface area (Å²) < 4.78 is 5.25. The summed E-state index contributed by atoms with van der Waals surface area (Å²) in [4.78, 5) is 10.8. The van der Waals surface area contributed by atoms with Gasteiger partial charge in [-0.2, -0.15) is 0 Å². The van der Waals surface area contributed by atoms with Gasteiger partial charge < -0.3 is 10.1 Å². The molecule has 0 bridgehead atoms. The zero-order valence-corrected chi connectivity index (χ0v) is 10.2. The van der Waals surface area contributed by atoms with Gasteiger partial charge in [-0.25, -0.2) is 0 Å². The normalized spacial score (nSPS) is 9.94. The highest BCUT2D eigenvalue weighted by atomic mass is 16.5. The van der Waals surface area contributed by atoms with E-state index in [2.05, 4.69) is 24.4 Å². The second kappa shape index (κ2) is 6.16. The predicted molar refractivity (Wildman–Crippen MR) is 66.2 cm³/mol. The Morgan fingerprint density at radius 3 is 2.75 bits per heavy atom. The SMILES string of the molecule is CCc1ccc(OC)c(NCCC(C)=O)c1. The van der Waals surface area contributed by atoms with E-state index >= 15 is 0 Å². The molecule has 0 fully saturated rings. The molecule has 0 spiro atoms. The topological polar surface area (TPSA) is 38.3 Å². The van der Waals surface area contributed by atoms with Gasteiger partial charge in [-0.3, -0.25) is 4.79 Å². The maximum atomic E-state index is 10.8. The van der Waals surface area contributed by atoms with Gasteiger partial charge in [0.05, 0.1) is 12.8 Å². The molecule has 0 aliphatic carbocycles. The number of hydrogen-bond donors (Lipinski definition) is 1. The van der Waals surface area contributed by atoms with Gasteiger partial charge in [0.25, 0.3) is 0 Å². The van der Waals surface area contributed by atoms with Crippen LogP contribution in [-0.4, -0.2) is 19.4 Å². The lowest BCUT2D eigenvalue weighted by Gasteiger charge is -2.11. The van der Waals surface area contributed by atoms with E-state index in [1.807, 2.05) is 6.07 Å². The van der Waals surface area contributed by atoms with Crippen LogP contribution in [0.1, 0.15) is 25.8 Å². The van der Waals surface area contributed by atoms with Crippen molar-refractivity contribution in [3.05, 3.63) is 23.8 Å². The Hall–Kier alpha value is -1.51. The summed E-state index contributed by atoms with van der Waals surface area (Å²) in [5, 5.41) is 3.22. The van der Waals surface area contributed by atoms with Crippen LogP contribution in [0.4, 0.5) is 5.69 Å². The minimum absolute atomic E-state index is 0.193. The van der Waals surface area contributed by atoms with Gasteiger partial charge in [-0.05, 0) is 31.0 Å². The van der Waals surface area contributed by atoms with Gasteiger partial charge in [0.1, 0.15) is 11.5 Å². The summed E-state index contributed by atoms with van der Waals surface area (Å²) in [5.41, 5.74) is 2.22. The number of carbonyl (C=O) groups excluding carboxylic acids is 1. The van der Waals surface area contributed by atoms with Crippen molar-refractivity contribution in [2.45, 2.75) is 26.7 Å². The number of Topliss-reactive ketones (excluding diaryl/α,β-unsaturated/α-hetero) is 1. The van der Waals surface area contributed by atoms with Crippen LogP contribution in [0.3, 0.4) is 0 Å². The lowest BCUT2D eigenvalue weighted by molar-refractivity contribution is -0.116. The van der Waals surface area contributed by atoms with E-state index in [0.717, 1.165) is 17.9 Å². The fourth-order valence-corrected chi connectivity index (χ4v) is 1.49. The molecular weight excluding hydrogens is 202 g/mol. The molecule has 3 heteroatoms. The minimum Gasteiger partial charge on any atom is -0.495 e. The van der Waals surface area contributed by atoms with Crippen LogP contribution in [0.2, 0.25) is 0 Å². The smallest absolute Gasteiger partial charge is 0.141 e. The van der Waals surface area contributed by atoms with Crippen LogP contribution in [-0.2, 0) is 11.2 Å². The zero-order chi connectivity index (χ0) is 12.0. The van der Waals surface area contributed by atoms with Gasteiger partial charge in [0, 0.05) is 13.0 Å². The van der Waals surface area contributed by atoms with E-state index in [4.69, 9.17) is 4.74 Å². The Morgan fingerprint density at radius 2 is 2.19 bits per heavy atom. The Balaban J connectivity index is 2.71. The molecule has 0 heterocycles. The Morgan fingerprint density at radius 1 is 1.44 bits per heavy atom. The van der Waals surface area contributed by atoms with Crippen molar-refractivity contribution in [1.82, 2.24) is 0 Å². The molecular formula is C13H19NO2. The fourth-order valence-electron chi connectivity index (χ4n) is 1.49. The first-order chi connectivity index (χ1) is 7.67. The maximum Gasteiger partial charge on any atom is 0.141 e. The summed E-state index contributed by atoms with van der Waals surface area (Å²) in [6.07, 6.45) is 1.53. The van der Waals surface area contributed by atoms with E-state index < -0.39 is 0 Å². The van der Waals surface area contributed by atoms with Gasteiger partial charge in [-0.15, -0.1) is 0 Å². The third-order valence-corrected chi connectivity index (χ3v) is 2.46. The number of anilines is 1. The summed E-state index contributed by atoms with van der Waals surface area (Å²) in [6, 6.07) is 6.07. The van der Waals surface area contributed by atoms with E-state index in [-0.39, 0.29) is 5.78 Å². The molecule has 0 unspecified atom stereocenters. The van der Waals surface area contributed by atoms with E-state index in [9.17, 15) is 4.79 Å². The summed E-state index contributed by atoms with van der Waals surface area (Å²) in [7, 11) is 1.65. The number of aryl methyl sites for hydroxylation is 1. The van der Waals surface area contributed by atoms with Crippen molar-refractivity contribution in [1.29, 1.82) is 0 Å². The standard InChI is InChI=1S/C13H19NO2/c1-4-11-5-6-13(16-3)12(9-11)14-8-7-10(2)15/h5-6,9,14H,4,7-8H2,1-3H3. The average molecular weight is 221 g/mol. The Kier molecular flexibility index (Phi) is 4.83. The van der Waals surface area contributed by atoms with Crippen molar-refractivity contribution >= 4 is 11.5 Å². The molecule has 0 saturated heterocycles. The number of methoxy groups -OCH3 is 1. The third kappa shape index (κ3) is 3.57. The highest BCUT2D eigenvalue weighted by Crippen LogP contribution is 2.25. The summed E-state index contributed by atoms with van der Waals surface area (Å²) in [5.74, 6) is 1.01. The van der Waals surface area contributed by atoms with Crippen LogP contribution in [0.5, 0.6) is 5.75 Å². The lowest BCUT2D eigenvalue weighted by Crippen LogP contribution is -2.07. The van der Waals surface area contributed by atoms with Gasteiger partial charge in [0.2, 0.25) is 0 Å². The lowest BCUT2D eigenvalue weighted by atomic mass is 10.1. The van der Waals surface area contributed by atoms with Crippen LogP contribution < -0.4 is 10.1 Å². The minimum atomic E-state index is 0.193. The van der Waals surface area contributed by atoms with E-state index in [1.54, 1.807) is 14.0 Å². The van der Waals surface area contributed by atoms with Crippen molar-refractivity contribution in [2.75, 3.05) is 19.0 Å². The van der Waals surface area contributed by atoms with Crippen LogP contribution >= 0.6 is 0 Å². The monoisotopic (exact) mass is 221 g/mol. The van der Waals surface area contributed by atoms with Gasteiger partial charge >= 0.3 is 0 Å². The fraction of sp³-hybridized carbons (Fsp3) is 0.462. The average Bonchev–Trinajstić information content (AvgIpc) is 2.28. The number of hydrogen-bond acceptors (Lipinski definition) is 3. The quantitative estimate of drug-likeness (QED) is 0.802. The van der Waals surface area contributed by atoms with Crippen LogP contribution in [0.25, 0.3) is 0 Å². The van der Waals surface area contributed by atoms with Gasteiger partial charge in [-0.1, -0.05) is 13.0 Å². The molecule has 0 radical (unpaired) electrons. The second-order valence-electron chi connectivity index (χ2n) is 3.77. The third-order valence-electron chi connectivity index (χ3n) is 2.46. The summed E-state index contributed by atoms with van der Waals surface area (Å²) >= 11 is 0. The highest BCUT2D eigenvalue weighted by Gasteiger charge is 2.03. The second-order valence-corrected chi connectivity index (χ2v) is 3.77. The van der Waals surface area contributed by atoms with Crippen molar-refractivity contribution in [3.8, 4) is 5.75 Å². The van der Waals surface area contributed by atoms with E-state index in [1.165, 1.54) is 5.56 Å². The number of nitrogens with one attached hydrogen (secondary N) is 1. The molecule has 1 aromatic carbocycles. The molecule has 1 N–H and O–H groups in total. The van der Waals surface area contributed by atoms with Crippen molar-refractivity contribution < 1.29 is 9.53 Å². The molecule has 16 heavy (non-hydrogen) atoms. The van der Waals surface area contributed by atoms with Crippen LogP contribution in [0, 0.1) is 0 Å². The largest absolute Gasteiger partial charge is 0.495 e. The molecule has 0 amide bonds. The van der Waals surface area contributed by atoms with Crippen molar-refractivity contribution in [3.63, 3.8) is 0 Å². The Bertz CT molecular complexity index is 361. The summed E-state index contributed by atoms with van der Waals surface area (Å²) in [6.45, 7) is 4.36. The molecule has 0 aromatic heterocycles. The molecule has 0 aliphatic heterocycles. The number of benzene rings is 1. The molecule has 0 aliphatic rings. The first-order valence-electron chi connectivity index (χ1n) is 5.57.